The molecule has 0 atom stereocenters. The number of benzene rings is 1. The molecule has 1 aromatic rings. The molecule has 19 heavy (non-hydrogen) atoms. The third kappa shape index (κ3) is 5.03. The first-order valence-electron chi connectivity index (χ1n) is 7.22. The molecule has 1 N–H and O–H groups in total. The molecule has 0 heterocycles. The van der Waals surface area contributed by atoms with Crippen molar-refractivity contribution in [2.45, 2.75) is 38.6 Å². The van der Waals surface area contributed by atoms with E-state index in [2.05, 4.69) is 29.2 Å². The van der Waals surface area contributed by atoms with Crippen LogP contribution in [-0.2, 0) is 11.3 Å². The van der Waals surface area contributed by atoms with E-state index in [1.54, 1.807) is 0 Å². The molecule has 0 unspecified atom stereocenters. The van der Waals surface area contributed by atoms with E-state index in [1.807, 2.05) is 6.07 Å². The zero-order chi connectivity index (χ0) is 13.5. The third-order valence-corrected chi connectivity index (χ3v) is 3.86. The van der Waals surface area contributed by atoms with E-state index in [9.17, 15) is 4.79 Å². The molecule has 0 radical (unpaired) electrons. The fraction of sp³-hybridized carbons (Fsp3) is 0.562. The number of carbonyl (C=O) groups is 1. The molecule has 1 aliphatic carbocycles. The van der Waals surface area contributed by atoms with E-state index >= 15 is 0 Å². The van der Waals surface area contributed by atoms with Crippen LogP contribution in [0.25, 0.3) is 0 Å². The lowest BCUT2D eigenvalue weighted by atomic mass is 9.85. The van der Waals surface area contributed by atoms with Gasteiger partial charge in [0.15, 0.2) is 0 Å². The van der Waals surface area contributed by atoms with Gasteiger partial charge in [0.2, 0.25) is 0 Å². The highest BCUT2D eigenvalue weighted by molar-refractivity contribution is 5.66. The highest BCUT2D eigenvalue weighted by atomic mass is 16.4. The number of carboxylic acids is 1. The molecule has 1 aliphatic rings. The Bertz CT molecular complexity index is 387. The van der Waals surface area contributed by atoms with Gasteiger partial charge in [0.25, 0.3) is 0 Å². The number of aliphatic carboxylic acids is 1. The Morgan fingerprint density at radius 1 is 1.26 bits per heavy atom. The average molecular weight is 261 g/mol. The first kappa shape index (κ1) is 14.1. The molecule has 3 nitrogen and oxygen atoms in total. The number of nitrogens with zero attached hydrogens (tertiary/aromatic N) is 1. The van der Waals surface area contributed by atoms with Gasteiger partial charge in [0, 0.05) is 19.5 Å². The van der Waals surface area contributed by atoms with Crippen LogP contribution in [0.1, 0.15) is 37.7 Å². The zero-order valence-electron chi connectivity index (χ0n) is 11.4. The summed E-state index contributed by atoms with van der Waals surface area (Å²) in [5.74, 6) is 0.136. The Morgan fingerprint density at radius 2 is 2.00 bits per heavy atom. The van der Waals surface area contributed by atoms with Gasteiger partial charge in [-0.15, -0.1) is 0 Å². The van der Waals surface area contributed by atoms with Crippen LogP contribution in [0.15, 0.2) is 30.3 Å². The molecule has 0 amide bonds. The van der Waals surface area contributed by atoms with Gasteiger partial charge in [-0.05, 0) is 37.3 Å². The number of hydrogen-bond acceptors (Lipinski definition) is 2. The largest absolute Gasteiger partial charge is 0.481 e. The van der Waals surface area contributed by atoms with Gasteiger partial charge in [0.05, 0.1) is 0 Å². The van der Waals surface area contributed by atoms with Crippen LogP contribution in [-0.4, -0.2) is 29.1 Å². The van der Waals surface area contributed by atoms with Gasteiger partial charge in [-0.3, -0.25) is 9.69 Å². The molecule has 3 heteroatoms. The SMILES string of the molecule is O=C(O)CCCN(Cc1ccccc1)CC1CCC1. The molecule has 1 saturated carbocycles. The molecular weight excluding hydrogens is 238 g/mol. The summed E-state index contributed by atoms with van der Waals surface area (Å²) >= 11 is 0. The predicted molar refractivity (Wildman–Crippen MR) is 75.9 cm³/mol. The van der Waals surface area contributed by atoms with Crippen molar-refractivity contribution in [2.24, 2.45) is 5.92 Å². The molecule has 0 bridgehead atoms. The lowest BCUT2D eigenvalue weighted by Gasteiger charge is -2.32. The minimum Gasteiger partial charge on any atom is -0.481 e. The normalized spacial score (nSPS) is 15.4. The maximum atomic E-state index is 10.6. The van der Waals surface area contributed by atoms with Crippen LogP contribution in [0.5, 0.6) is 0 Å². The van der Waals surface area contributed by atoms with Gasteiger partial charge in [-0.2, -0.15) is 0 Å². The molecule has 1 fully saturated rings. The monoisotopic (exact) mass is 261 g/mol. The molecule has 2 rings (SSSR count). The van der Waals surface area contributed by atoms with Crippen molar-refractivity contribution >= 4 is 5.97 Å². The number of hydrogen-bond donors (Lipinski definition) is 1. The van der Waals surface area contributed by atoms with Gasteiger partial charge < -0.3 is 5.11 Å². The highest BCUT2D eigenvalue weighted by Gasteiger charge is 2.20. The third-order valence-electron chi connectivity index (χ3n) is 3.86. The number of rotatable bonds is 8. The van der Waals surface area contributed by atoms with Crippen molar-refractivity contribution in [3.05, 3.63) is 35.9 Å². The van der Waals surface area contributed by atoms with Gasteiger partial charge in [-0.1, -0.05) is 36.8 Å². The topological polar surface area (TPSA) is 40.5 Å². The fourth-order valence-electron chi connectivity index (χ4n) is 2.57. The highest BCUT2D eigenvalue weighted by Crippen LogP contribution is 2.27. The fourth-order valence-corrected chi connectivity index (χ4v) is 2.57. The maximum absolute atomic E-state index is 10.6. The summed E-state index contributed by atoms with van der Waals surface area (Å²) in [6, 6.07) is 10.4. The molecule has 0 spiro atoms. The summed E-state index contributed by atoms with van der Waals surface area (Å²) in [6.07, 6.45) is 5.05. The van der Waals surface area contributed by atoms with Crippen molar-refractivity contribution in [1.82, 2.24) is 4.90 Å². The lowest BCUT2D eigenvalue weighted by Crippen LogP contribution is -2.33. The lowest BCUT2D eigenvalue weighted by molar-refractivity contribution is -0.137. The van der Waals surface area contributed by atoms with E-state index in [-0.39, 0.29) is 6.42 Å². The summed E-state index contributed by atoms with van der Waals surface area (Å²) in [4.78, 5) is 13.0. The maximum Gasteiger partial charge on any atom is 0.303 e. The van der Waals surface area contributed by atoms with Gasteiger partial charge in [0.1, 0.15) is 0 Å². The molecule has 1 aromatic carbocycles. The summed E-state index contributed by atoms with van der Waals surface area (Å²) < 4.78 is 0. The van der Waals surface area contributed by atoms with Gasteiger partial charge in [-0.25, -0.2) is 0 Å². The van der Waals surface area contributed by atoms with E-state index in [1.165, 1.54) is 24.8 Å². The van der Waals surface area contributed by atoms with Crippen LogP contribution in [0.4, 0.5) is 0 Å². The Hall–Kier alpha value is -1.35. The van der Waals surface area contributed by atoms with Crippen LogP contribution in [0.2, 0.25) is 0 Å². The smallest absolute Gasteiger partial charge is 0.303 e. The predicted octanol–water partition coefficient (Wildman–Crippen LogP) is 3.15. The minimum absolute atomic E-state index is 0.274. The van der Waals surface area contributed by atoms with Gasteiger partial charge >= 0.3 is 5.97 Å². The van der Waals surface area contributed by atoms with Crippen molar-refractivity contribution < 1.29 is 9.90 Å². The number of carboxylic acid groups (broad SMARTS) is 1. The Morgan fingerprint density at radius 3 is 2.58 bits per heavy atom. The second-order valence-electron chi connectivity index (χ2n) is 5.51. The Kier molecular flexibility index (Phi) is 5.40. The van der Waals surface area contributed by atoms with Crippen LogP contribution in [0, 0.1) is 5.92 Å². The summed E-state index contributed by atoms with van der Waals surface area (Å²) in [6.45, 7) is 2.95. The quantitative estimate of drug-likeness (QED) is 0.781. The molecular formula is C16H23NO2. The van der Waals surface area contributed by atoms with E-state index in [0.717, 1.165) is 32.0 Å². The second-order valence-corrected chi connectivity index (χ2v) is 5.51. The van der Waals surface area contributed by atoms with Crippen molar-refractivity contribution in [3.8, 4) is 0 Å². The van der Waals surface area contributed by atoms with Crippen molar-refractivity contribution in [1.29, 1.82) is 0 Å². The van der Waals surface area contributed by atoms with Crippen LogP contribution in [0.3, 0.4) is 0 Å². The van der Waals surface area contributed by atoms with E-state index < -0.39 is 5.97 Å². The average Bonchev–Trinajstić information content (AvgIpc) is 2.34. The first-order chi connectivity index (χ1) is 9.24. The summed E-state index contributed by atoms with van der Waals surface area (Å²) in [5.41, 5.74) is 1.32. The Balaban J connectivity index is 1.83. The molecule has 0 saturated heterocycles. The summed E-state index contributed by atoms with van der Waals surface area (Å²) in [5, 5.41) is 8.74. The molecule has 104 valence electrons. The molecule has 0 aromatic heterocycles. The minimum atomic E-state index is -0.691. The zero-order valence-corrected chi connectivity index (χ0v) is 11.4. The van der Waals surface area contributed by atoms with E-state index in [4.69, 9.17) is 5.11 Å². The van der Waals surface area contributed by atoms with Crippen molar-refractivity contribution in [2.75, 3.05) is 13.1 Å². The van der Waals surface area contributed by atoms with E-state index in [0.29, 0.717) is 0 Å². The molecule has 0 aliphatic heterocycles. The van der Waals surface area contributed by atoms with Crippen LogP contribution < -0.4 is 0 Å². The standard InChI is InChI=1S/C16H23NO2/c18-16(19)10-5-11-17(13-15-8-4-9-15)12-14-6-2-1-3-7-14/h1-3,6-7,15H,4-5,8-13H2,(H,18,19). The summed E-state index contributed by atoms with van der Waals surface area (Å²) in [7, 11) is 0. The Labute approximate surface area is 115 Å². The second kappa shape index (κ2) is 7.29. The van der Waals surface area contributed by atoms with Crippen LogP contribution >= 0.6 is 0 Å². The first-order valence-corrected chi connectivity index (χ1v) is 7.22. The van der Waals surface area contributed by atoms with Crippen molar-refractivity contribution in [3.63, 3.8) is 0 Å².